The van der Waals surface area contributed by atoms with Crippen molar-refractivity contribution in [2.45, 2.75) is 66.7 Å². The summed E-state index contributed by atoms with van der Waals surface area (Å²) in [6.45, 7) is 14.1. The Morgan fingerprint density at radius 3 is 2.30 bits per heavy atom. The van der Waals surface area contributed by atoms with Gasteiger partial charge in [-0.2, -0.15) is 0 Å². The second-order valence-corrected chi connectivity index (χ2v) is 8.59. The summed E-state index contributed by atoms with van der Waals surface area (Å²) in [5, 5.41) is 10.9. The van der Waals surface area contributed by atoms with Gasteiger partial charge in [0.25, 0.3) is 0 Å². The minimum atomic E-state index is -1.20. The van der Waals surface area contributed by atoms with Crippen LogP contribution in [0, 0.1) is 26.6 Å². The lowest BCUT2D eigenvalue weighted by Crippen LogP contribution is -2.28. The summed E-state index contributed by atoms with van der Waals surface area (Å²) in [4.78, 5) is 17.1. The van der Waals surface area contributed by atoms with Crippen molar-refractivity contribution in [3.63, 3.8) is 0 Å². The number of benzene rings is 1. The molecule has 1 unspecified atom stereocenters. The Labute approximate surface area is 176 Å². The van der Waals surface area contributed by atoms with E-state index in [9.17, 15) is 14.3 Å². The molecule has 3 rings (SSSR count). The Kier molecular flexibility index (Phi) is 5.74. The van der Waals surface area contributed by atoms with Gasteiger partial charge in [0.1, 0.15) is 11.5 Å². The SMILES string of the molecule is CCn1c(C)c(C)c2c(-c3ccc(F)cc3)c(C(OC(C)(C)C)C(=O)O)c(C)nc21. The maximum Gasteiger partial charge on any atom is 0.337 e. The van der Waals surface area contributed by atoms with Gasteiger partial charge in [0.2, 0.25) is 0 Å². The maximum atomic E-state index is 13.7. The quantitative estimate of drug-likeness (QED) is 0.581. The third-order valence-electron chi connectivity index (χ3n) is 5.39. The predicted octanol–water partition coefficient (Wildman–Crippen LogP) is 5.73. The zero-order valence-electron chi connectivity index (χ0n) is 18.6. The highest BCUT2D eigenvalue weighted by atomic mass is 19.1. The van der Waals surface area contributed by atoms with Crippen LogP contribution in [0.1, 0.15) is 56.3 Å². The Hall–Kier alpha value is -2.73. The normalized spacial score (nSPS) is 13.1. The van der Waals surface area contributed by atoms with E-state index >= 15 is 0 Å². The summed E-state index contributed by atoms with van der Waals surface area (Å²) in [5.41, 5.74) is 4.80. The molecule has 160 valence electrons. The first-order valence-corrected chi connectivity index (χ1v) is 10.1. The number of aliphatic carboxylic acids is 1. The summed E-state index contributed by atoms with van der Waals surface area (Å²) in [5.74, 6) is -1.43. The van der Waals surface area contributed by atoms with Crippen LogP contribution < -0.4 is 0 Å². The zero-order valence-corrected chi connectivity index (χ0v) is 18.6. The summed E-state index contributed by atoms with van der Waals surface area (Å²) < 4.78 is 21.8. The van der Waals surface area contributed by atoms with Gasteiger partial charge in [0.05, 0.1) is 5.60 Å². The van der Waals surface area contributed by atoms with Gasteiger partial charge in [0.15, 0.2) is 6.10 Å². The van der Waals surface area contributed by atoms with Crippen LogP contribution in [0.25, 0.3) is 22.2 Å². The molecule has 0 saturated heterocycles. The molecule has 5 nitrogen and oxygen atoms in total. The number of carboxylic acid groups (broad SMARTS) is 1. The molecule has 3 aromatic rings. The van der Waals surface area contributed by atoms with Crippen LogP contribution in [0.4, 0.5) is 4.39 Å². The predicted molar refractivity (Wildman–Crippen MR) is 116 cm³/mol. The van der Waals surface area contributed by atoms with Gasteiger partial charge < -0.3 is 14.4 Å². The van der Waals surface area contributed by atoms with Crippen LogP contribution in [0.3, 0.4) is 0 Å². The number of halogens is 1. The number of fused-ring (bicyclic) bond motifs is 1. The van der Waals surface area contributed by atoms with E-state index in [1.165, 1.54) is 12.1 Å². The van der Waals surface area contributed by atoms with Crippen LogP contribution in [0.5, 0.6) is 0 Å². The van der Waals surface area contributed by atoms with Crippen molar-refractivity contribution in [1.29, 1.82) is 0 Å². The molecule has 6 heteroatoms. The van der Waals surface area contributed by atoms with Gasteiger partial charge in [-0.3, -0.25) is 0 Å². The van der Waals surface area contributed by atoms with Gasteiger partial charge >= 0.3 is 5.97 Å². The Morgan fingerprint density at radius 2 is 1.80 bits per heavy atom. The van der Waals surface area contributed by atoms with E-state index in [4.69, 9.17) is 9.72 Å². The third-order valence-corrected chi connectivity index (χ3v) is 5.39. The van der Waals surface area contributed by atoms with Crippen molar-refractivity contribution >= 4 is 17.0 Å². The number of nitrogens with zero attached hydrogens (tertiary/aromatic N) is 2. The first kappa shape index (κ1) is 22.0. The number of hydrogen-bond donors (Lipinski definition) is 1. The molecule has 0 aliphatic heterocycles. The lowest BCUT2D eigenvalue weighted by atomic mass is 9.91. The minimum Gasteiger partial charge on any atom is -0.479 e. The van der Waals surface area contributed by atoms with E-state index in [1.54, 1.807) is 19.1 Å². The van der Waals surface area contributed by atoms with Crippen molar-refractivity contribution in [2.24, 2.45) is 0 Å². The molecule has 2 heterocycles. The zero-order chi connectivity index (χ0) is 22.4. The Morgan fingerprint density at radius 1 is 1.20 bits per heavy atom. The number of aromatic nitrogens is 2. The first-order chi connectivity index (χ1) is 14.0. The fourth-order valence-electron chi connectivity index (χ4n) is 4.01. The summed E-state index contributed by atoms with van der Waals surface area (Å²) in [6.07, 6.45) is -1.20. The maximum absolute atomic E-state index is 13.7. The highest BCUT2D eigenvalue weighted by Gasteiger charge is 2.33. The van der Waals surface area contributed by atoms with Gasteiger partial charge in [-0.15, -0.1) is 0 Å². The van der Waals surface area contributed by atoms with E-state index in [0.29, 0.717) is 11.3 Å². The van der Waals surface area contributed by atoms with Gasteiger partial charge in [-0.1, -0.05) is 12.1 Å². The number of hydrogen-bond acceptors (Lipinski definition) is 3. The molecular weight excluding hydrogens is 383 g/mol. The van der Waals surface area contributed by atoms with Crippen molar-refractivity contribution in [1.82, 2.24) is 9.55 Å². The molecule has 30 heavy (non-hydrogen) atoms. The van der Waals surface area contributed by atoms with Crippen molar-refractivity contribution in [2.75, 3.05) is 0 Å². The van der Waals surface area contributed by atoms with Crippen molar-refractivity contribution in [3.05, 3.63) is 52.6 Å². The van der Waals surface area contributed by atoms with Crippen molar-refractivity contribution < 1.29 is 19.0 Å². The monoisotopic (exact) mass is 412 g/mol. The van der Waals surface area contributed by atoms with Crippen LogP contribution in [-0.4, -0.2) is 26.2 Å². The molecule has 1 N–H and O–H groups in total. The van der Waals surface area contributed by atoms with Gasteiger partial charge in [-0.05, 0) is 71.7 Å². The second-order valence-electron chi connectivity index (χ2n) is 8.59. The number of carbonyl (C=O) groups is 1. The largest absolute Gasteiger partial charge is 0.479 e. The average Bonchev–Trinajstić information content (AvgIpc) is 2.88. The molecule has 0 aliphatic carbocycles. The average molecular weight is 413 g/mol. The number of ether oxygens (including phenoxy) is 1. The van der Waals surface area contributed by atoms with E-state index in [1.807, 2.05) is 34.6 Å². The van der Waals surface area contributed by atoms with Crippen LogP contribution >= 0.6 is 0 Å². The highest BCUT2D eigenvalue weighted by molar-refractivity contribution is 6.00. The molecule has 0 saturated carbocycles. The van der Waals surface area contributed by atoms with Crippen LogP contribution in [0.2, 0.25) is 0 Å². The molecular formula is C24H29FN2O3. The van der Waals surface area contributed by atoms with E-state index < -0.39 is 17.7 Å². The number of carboxylic acids is 1. The fraction of sp³-hybridized carbons (Fsp3) is 0.417. The highest BCUT2D eigenvalue weighted by Crippen LogP contribution is 2.42. The smallest absolute Gasteiger partial charge is 0.337 e. The first-order valence-electron chi connectivity index (χ1n) is 10.1. The summed E-state index contributed by atoms with van der Waals surface area (Å²) in [6, 6.07) is 6.14. The lowest BCUT2D eigenvalue weighted by molar-refractivity contribution is -0.160. The molecule has 0 spiro atoms. The summed E-state index contributed by atoms with van der Waals surface area (Å²) >= 11 is 0. The molecule has 1 atom stereocenters. The number of aryl methyl sites for hydroxylation is 3. The topological polar surface area (TPSA) is 64.3 Å². The second kappa shape index (κ2) is 7.84. The molecule has 0 aliphatic rings. The van der Waals surface area contributed by atoms with Gasteiger partial charge in [0, 0.05) is 34.4 Å². The molecule has 0 fully saturated rings. The standard InChI is InChI=1S/C24H29FN2O3/c1-8-27-15(4)13(2)18-20(16-9-11-17(25)12-10-16)19(14(3)26-22(18)27)21(23(28)29)30-24(5,6)7/h9-12,21H,8H2,1-7H3,(H,28,29). The fourth-order valence-corrected chi connectivity index (χ4v) is 4.01. The third kappa shape index (κ3) is 3.84. The van der Waals surface area contributed by atoms with E-state index in [0.717, 1.165) is 40.0 Å². The number of pyridine rings is 1. The Bertz CT molecular complexity index is 1110. The molecule has 0 bridgehead atoms. The number of rotatable bonds is 5. The van der Waals surface area contributed by atoms with E-state index in [-0.39, 0.29) is 5.82 Å². The van der Waals surface area contributed by atoms with Crippen LogP contribution in [0.15, 0.2) is 24.3 Å². The van der Waals surface area contributed by atoms with E-state index in [2.05, 4.69) is 11.5 Å². The Balaban J connectivity index is 2.49. The molecule has 0 amide bonds. The molecule has 0 radical (unpaired) electrons. The molecule has 2 aromatic heterocycles. The lowest BCUT2D eigenvalue weighted by Gasteiger charge is -2.28. The van der Waals surface area contributed by atoms with Crippen molar-refractivity contribution in [3.8, 4) is 11.1 Å². The van der Waals surface area contributed by atoms with Gasteiger partial charge in [-0.25, -0.2) is 14.2 Å². The van der Waals surface area contributed by atoms with Crippen LogP contribution in [-0.2, 0) is 16.1 Å². The minimum absolute atomic E-state index is 0.345. The molecule has 1 aromatic carbocycles. The summed E-state index contributed by atoms with van der Waals surface area (Å²) in [7, 11) is 0.